The maximum Gasteiger partial charge on any atom is 0.421 e. The molecule has 0 aliphatic carbocycles. The lowest BCUT2D eigenvalue weighted by molar-refractivity contribution is -0.138. The molecule has 0 aliphatic heterocycles. The van der Waals surface area contributed by atoms with Gasteiger partial charge in [-0.2, -0.15) is 13.2 Å². The van der Waals surface area contributed by atoms with Crippen LogP contribution < -0.4 is 5.56 Å². The van der Waals surface area contributed by atoms with E-state index in [1.165, 1.54) is 6.26 Å². The number of ketones is 1. The molecule has 2 aromatic rings. The van der Waals surface area contributed by atoms with E-state index in [0.29, 0.717) is 6.07 Å². The molecule has 1 heterocycles. The van der Waals surface area contributed by atoms with E-state index in [0.717, 1.165) is 24.8 Å². The van der Waals surface area contributed by atoms with Gasteiger partial charge < -0.3 is 4.98 Å². The Morgan fingerprint density at radius 3 is 2.38 bits per heavy atom. The zero-order chi connectivity index (χ0) is 15.9. The van der Waals surface area contributed by atoms with E-state index in [1.807, 2.05) is 4.98 Å². The van der Waals surface area contributed by atoms with Gasteiger partial charge in [0.2, 0.25) is 0 Å². The summed E-state index contributed by atoms with van der Waals surface area (Å²) < 4.78 is 52.4. The third-order valence-electron chi connectivity index (χ3n) is 2.93. The van der Waals surface area contributed by atoms with E-state index in [2.05, 4.69) is 0 Å². The summed E-state index contributed by atoms with van der Waals surface area (Å²) in [6.45, 7) is 1.14. The molecule has 2 rings (SSSR count). The van der Waals surface area contributed by atoms with Crippen LogP contribution in [0.15, 0.2) is 21.8 Å². The molecule has 3 nitrogen and oxygen atoms in total. The summed E-state index contributed by atoms with van der Waals surface area (Å²) in [5.74, 6) is -2.05. The van der Waals surface area contributed by atoms with E-state index in [9.17, 15) is 27.2 Å². The van der Waals surface area contributed by atoms with Crippen LogP contribution in [0.25, 0.3) is 10.9 Å². The highest BCUT2D eigenvalue weighted by atomic mass is 32.2. The van der Waals surface area contributed by atoms with Crippen molar-refractivity contribution in [1.29, 1.82) is 0 Å². The van der Waals surface area contributed by atoms with Crippen LogP contribution in [0, 0.1) is 5.82 Å². The van der Waals surface area contributed by atoms with Crippen LogP contribution in [0.5, 0.6) is 0 Å². The molecule has 0 amide bonds. The molecule has 1 aromatic heterocycles. The summed E-state index contributed by atoms with van der Waals surface area (Å²) in [5, 5.41) is -0.0129. The second-order valence-electron chi connectivity index (χ2n) is 4.26. The van der Waals surface area contributed by atoms with E-state index in [-0.39, 0.29) is 15.8 Å². The van der Waals surface area contributed by atoms with Gasteiger partial charge in [-0.15, -0.1) is 11.8 Å². The van der Waals surface area contributed by atoms with Crippen molar-refractivity contribution >= 4 is 28.4 Å². The Morgan fingerprint density at radius 2 is 1.90 bits per heavy atom. The van der Waals surface area contributed by atoms with Crippen molar-refractivity contribution in [3.8, 4) is 0 Å². The van der Waals surface area contributed by atoms with Crippen molar-refractivity contribution in [3.63, 3.8) is 0 Å². The number of aromatic nitrogens is 1. The summed E-state index contributed by atoms with van der Waals surface area (Å²) in [5.41, 5.74) is -3.38. The van der Waals surface area contributed by atoms with Crippen molar-refractivity contribution in [2.45, 2.75) is 18.0 Å². The van der Waals surface area contributed by atoms with Gasteiger partial charge in [-0.25, -0.2) is 4.39 Å². The van der Waals surface area contributed by atoms with Crippen molar-refractivity contribution < 1.29 is 22.4 Å². The summed E-state index contributed by atoms with van der Waals surface area (Å²) in [6, 6.07) is 1.79. The second-order valence-corrected chi connectivity index (χ2v) is 5.08. The van der Waals surface area contributed by atoms with Gasteiger partial charge in [-0.05, 0) is 25.3 Å². The predicted molar refractivity (Wildman–Crippen MR) is 71.3 cm³/mol. The topological polar surface area (TPSA) is 49.9 Å². The molecular weight excluding hydrogens is 310 g/mol. The van der Waals surface area contributed by atoms with Crippen molar-refractivity contribution in [1.82, 2.24) is 4.98 Å². The van der Waals surface area contributed by atoms with E-state index in [1.54, 1.807) is 0 Å². The SMILES string of the molecule is CSc1c(C(C)=O)c(=O)[nH]c2c(C(F)(F)F)c(F)ccc12. The molecule has 0 saturated heterocycles. The lowest BCUT2D eigenvalue weighted by atomic mass is 10.1. The number of alkyl halides is 3. The highest BCUT2D eigenvalue weighted by Crippen LogP contribution is 2.38. The molecule has 21 heavy (non-hydrogen) atoms. The average molecular weight is 319 g/mol. The molecule has 0 unspecified atom stereocenters. The number of H-pyrrole nitrogens is 1. The fourth-order valence-electron chi connectivity index (χ4n) is 2.12. The maximum atomic E-state index is 13.5. The monoisotopic (exact) mass is 319 g/mol. The Labute approximate surface area is 120 Å². The van der Waals surface area contributed by atoms with Crippen LogP contribution in [0.2, 0.25) is 0 Å². The van der Waals surface area contributed by atoms with Crippen molar-refractivity contribution in [3.05, 3.63) is 39.4 Å². The summed E-state index contributed by atoms with van der Waals surface area (Å²) >= 11 is 0.962. The van der Waals surface area contributed by atoms with Gasteiger partial charge in [-0.1, -0.05) is 0 Å². The number of carbonyl (C=O) groups excluding carboxylic acids is 1. The lowest BCUT2D eigenvalue weighted by Gasteiger charge is -2.14. The Hall–Kier alpha value is -1.83. The number of benzene rings is 1. The number of halogens is 4. The number of hydrogen-bond donors (Lipinski definition) is 1. The van der Waals surface area contributed by atoms with E-state index in [4.69, 9.17) is 0 Å². The number of aromatic amines is 1. The molecule has 0 atom stereocenters. The molecule has 0 bridgehead atoms. The molecule has 0 fully saturated rings. The highest BCUT2D eigenvalue weighted by molar-refractivity contribution is 7.99. The number of pyridine rings is 1. The number of thioether (sulfide) groups is 1. The smallest absolute Gasteiger partial charge is 0.321 e. The van der Waals surface area contributed by atoms with Gasteiger partial charge in [-0.3, -0.25) is 9.59 Å². The third-order valence-corrected chi connectivity index (χ3v) is 3.76. The molecule has 112 valence electrons. The first-order valence-electron chi connectivity index (χ1n) is 5.69. The zero-order valence-corrected chi connectivity index (χ0v) is 11.7. The first-order valence-corrected chi connectivity index (χ1v) is 6.91. The quantitative estimate of drug-likeness (QED) is 0.523. The van der Waals surface area contributed by atoms with Gasteiger partial charge in [0.15, 0.2) is 5.78 Å². The van der Waals surface area contributed by atoms with Gasteiger partial charge in [0, 0.05) is 10.3 Å². The average Bonchev–Trinajstić information content (AvgIpc) is 2.34. The fraction of sp³-hybridized carbons (Fsp3) is 0.231. The number of fused-ring (bicyclic) bond motifs is 1. The summed E-state index contributed by atoms with van der Waals surface area (Å²) in [6.07, 6.45) is -3.43. The standard InChI is InChI=1S/C13H9F4NO2S/c1-5(19)8-11(21-2)6-3-4-7(14)9(13(15,16)17)10(6)18-12(8)20/h3-4H,1-2H3,(H,18,20). The van der Waals surface area contributed by atoms with Crippen LogP contribution in [-0.4, -0.2) is 17.0 Å². The van der Waals surface area contributed by atoms with Crippen LogP contribution >= 0.6 is 11.8 Å². The number of carbonyl (C=O) groups is 1. The van der Waals surface area contributed by atoms with Crippen LogP contribution in [0.3, 0.4) is 0 Å². The Kier molecular flexibility index (Phi) is 3.83. The molecular formula is C13H9F4NO2S. The number of nitrogens with one attached hydrogen (secondary N) is 1. The largest absolute Gasteiger partial charge is 0.421 e. The van der Waals surface area contributed by atoms with Crippen LogP contribution in [0.1, 0.15) is 22.8 Å². The third kappa shape index (κ3) is 2.55. The first-order chi connectivity index (χ1) is 9.68. The van der Waals surface area contributed by atoms with Gasteiger partial charge in [0.1, 0.15) is 11.4 Å². The van der Waals surface area contributed by atoms with Crippen LogP contribution in [-0.2, 0) is 6.18 Å². The lowest BCUT2D eigenvalue weighted by Crippen LogP contribution is -2.20. The van der Waals surface area contributed by atoms with Gasteiger partial charge in [0.05, 0.1) is 11.1 Å². The molecule has 0 radical (unpaired) electrons. The molecule has 8 heteroatoms. The number of Topliss-reactive ketones (excluding diaryl/α,β-unsaturated/α-hetero) is 1. The number of hydrogen-bond acceptors (Lipinski definition) is 3. The highest BCUT2D eigenvalue weighted by Gasteiger charge is 2.37. The van der Waals surface area contributed by atoms with Crippen molar-refractivity contribution in [2.24, 2.45) is 0 Å². The molecule has 1 aromatic carbocycles. The Balaban J connectivity index is 3.06. The molecule has 0 aliphatic rings. The van der Waals surface area contributed by atoms with Crippen LogP contribution in [0.4, 0.5) is 17.6 Å². The molecule has 0 saturated carbocycles. The fourth-order valence-corrected chi connectivity index (χ4v) is 2.95. The van der Waals surface area contributed by atoms with E-state index < -0.39 is 34.4 Å². The van der Waals surface area contributed by atoms with E-state index >= 15 is 0 Å². The second kappa shape index (κ2) is 5.18. The predicted octanol–water partition coefficient (Wildman–Crippen LogP) is 3.61. The van der Waals surface area contributed by atoms with Crippen molar-refractivity contribution in [2.75, 3.05) is 6.26 Å². The summed E-state index contributed by atoms with van der Waals surface area (Å²) in [4.78, 5) is 25.5. The minimum atomic E-state index is -4.96. The minimum absolute atomic E-state index is 0.0129. The Bertz CT molecular complexity index is 795. The molecule has 1 N–H and O–H groups in total. The summed E-state index contributed by atoms with van der Waals surface area (Å²) in [7, 11) is 0. The molecule has 0 spiro atoms. The minimum Gasteiger partial charge on any atom is -0.321 e. The zero-order valence-electron chi connectivity index (χ0n) is 10.9. The van der Waals surface area contributed by atoms with Gasteiger partial charge in [0.25, 0.3) is 5.56 Å². The Morgan fingerprint density at radius 1 is 1.29 bits per heavy atom. The number of rotatable bonds is 2. The normalized spacial score (nSPS) is 11.9. The first kappa shape index (κ1) is 15.6. The van der Waals surface area contributed by atoms with Gasteiger partial charge >= 0.3 is 6.18 Å². The maximum absolute atomic E-state index is 13.5.